The average molecular weight is 352 g/mol. The Morgan fingerprint density at radius 1 is 1.19 bits per heavy atom. The van der Waals surface area contributed by atoms with E-state index >= 15 is 0 Å². The van der Waals surface area contributed by atoms with Crippen LogP contribution in [0.3, 0.4) is 0 Å². The van der Waals surface area contributed by atoms with Gasteiger partial charge in [0.25, 0.3) is 0 Å². The molecule has 0 fully saturated rings. The quantitative estimate of drug-likeness (QED) is 0.825. The van der Waals surface area contributed by atoms with Gasteiger partial charge in [0.15, 0.2) is 11.6 Å². The van der Waals surface area contributed by atoms with Crippen molar-refractivity contribution in [3.8, 4) is 11.5 Å². The molecule has 0 aliphatic heterocycles. The molecule has 0 aliphatic carbocycles. The van der Waals surface area contributed by atoms with Gasteiger partial charge >= 0.3 is 0 Å². The molecule has 2 N–H and O–H groups in total. The summed E-state index contributed by atoms with van der Waals surface area (Å²) in [5.41, 5.74) is 7.95. The maximum Gasteiger partial charge on any atom is 0.165 e. The van der Waals surface area contributed by atoms with E-state index in [1.54, 1.807) is 12.1 Å². The van der Waals surface area contributed by atoms with Crippen molar-refractivity contribution < 1.29 is 9.13 Å². The fourth-order valence-electron chi connectivity index (χ4n) is 2.03. The van der Waals surface area contributed by atoms with Crippen molar-refractivity contribution in [3.05, 3.63) is 57.8 Å². The summed E-state index contributed by atoms with van der Waals surface area (Å²) in [6.07, 6.45) is 1.58. The van der Waals surface area contributed by atoms with E-state index in [4.69, 9.17) is 10.5 Å². The van der Waals surface area contributed by atoms with Crippen LogP contribution >= 0.6 is 15.9 Å². The fraction of sp³-hybridized carbons (Fsp3) is 0.294. The van der Waals surface area contributed by atoms with Crippen molar-refractivity contribution in [1.29, 1.82) is 0 Å². The summed E-state index contributed by atoms with van der Waals surface area (Å²) in [4.78, 5) is 0. The highest BCUT2D eigenvalue weighted by Gasteiger charge is 2.12. The van der Waals surface area contributed by atoms with Gasteiger partial charge in [-0.2, -0.15) is 0 Å². The van der Waals surface area contributed by atoms with Crippen molar-refractivity contribution in [2.45, 2.75) is 32.7 Å². The van der Waals surface area contributed by atoms with Crippen LogP contribution in [-0.2, 0) is 6.42 Å². The average Bonchev–Trinajstić information content (AvgIpc) is 2.45. The standard InChI is InChI=1S/C17H19BrFNO/c1-3-14(20)9-12-5-6-13(18)10-16(12)21-17-8-11(2)4-7-15(17)19/h4-8,10,14H,3,9,20H2,1-2H3. The molecule has 1 unspecified atom stereocenters. The monoisotopic (exact) mass is 351 g/mol. The van der Waals surface area contributed by atoms with Crippen LogP contribution in [0.1, 0.15) is 24.5 Å². The third kappa shape index (κ3) is 4.29. The first kappa shape index (κ1) is 16.0. The minimum Gasteiger partial charge on any atom is -0.454 e. The Balaban J connectivity index is 2.33. The van der Waals surface area contributed by atoms with Gasteiger partial charge in [-0.25, -0.2) is 4.39 Å². The van der Waals surface area contributed by atoms with E-state index in [0.717, 1.165) is 22.0 Å². The van der Waals surface area contributed by atoms with Gasteiger partial charge in [-0.15, -0.1) is 0 Å². The lowest BCUT2D eigenvalue weighted by molar-refractivity contribution is 0.435. The normalized spacial score (nSPS) is 12.2. The topological polar surface area (TPSA) is 35.2 Å². The SMILES string of the molecule is CCC(N)Cc1ccc(Br)cc1Oc1cc(C)ccc1F. The van der Waals surface area contributed by atoms with Gasteiger partial charge in [-0.3, -0.25) is 0 Å². The van der Waals surface area contributed by atoms with Gasteiger partial charge in [0.1, 0.15) is 5.75 Å². The third-order valence-corrected chi connectivity index (χ3v) is 3.84. The molecule has 1 atom stereocenters. The Morgan fingerprint density at radius 2 is 1.95 bits per heavy atom. The molecule has 21 heavy (non-hydrogen) atoms. The molecule has 0 radical (unpaired) electrons. The first-order chi connectivity index (χ1) is 9.99. The highest BCUT2D eigenvalue weighted by atomic mass is 79.9. The maximum atomic E-state index is 13.9. The third-order valence-electron chi connectivity index (χ3n) is 3.34. The Kier molecular flexibility index (Phi) is 5.37. The number of hydrogen-bond acceptors (Lipinski definition) is 2. The Bertz CT molecular complexity index is 630. The molecule has 112 valence electrons. The van der Waals surface area contributed by atoms with E-state index in [-0.39, 0.29) is 17.6 Å². The van der Waals surface area contributed by atoms with Crippen LogP contribution < -0.4 is 10.5 Å². The zero-order valence-electron chi connectivity index (χ0n) is 12.2. The number of benzene rings is 2. The number of ether oxygens (including phenoxy) is 1. The summed E-state index contributed by atoms with van der Waals surface area (Å²) < 4.78 is 20.5. The van der Waals surface area contributed by atoms with E-state index in [9.17, 15) is 4.39 Å². The van der Waals surface area contributed by atoms with Crippen molar-refractivity contribution in [2.24, 2.45) is 5.73 Å². The molecule has 2 aromatic carbocycles. The van der Waals surface area contributed by atoms with Crippen LogP contribution in [0, 0.1) is 12.7 Å². The summed E-state index contributed by atoms with van der Waals surface area (Å²) in [6.45, 7) is 3.95. The second-order valence-corrected chi connectivity index (χ2v) is 6.08. The summed E-state index contributed by atoms with van der Waals surface area (Å²) in [5.74, 6) is 0.503. The minimum atomic E-state index is -0.369. The maximum absolute atomic E-state index is 13.9. The van der Waals surface area contributed by atoms with Crippen LogP contribution in [0.2, 0.25) is 0 Å². The Morgan fingerprint density at radius 3 is 2.67 bits per heavy atom. The lowest BCUT2D eigenvalue weighted by Crippen LogP contribution is -2.21. The molecule has 0 spiro atoms. The number of nitrogens with two attached hydrogens (primary N) is 1. The predicted molar refractivity (Wildman–Crippen MR) is 87.3 cm³/mol. The zero-order valence-corrected chi connectivity index (χ0v) is 13.8. The number of aryl methyl sites for hydroxylation is 1. The predicted octanol–water partition coefficient (Wildman–Crippen LogP) is 4.97. The summed E-state index contributed by atoms with van der Waals surface area (Å²) >= 11 is 3.42. The molecule has 0 bridgehead atoms. The lowest BCUT2D eigenvalue weighted by atomic mass is 10.0. The van der Waals surface area contributed by atoms with Gasteiger partial charge in [0.2, 0.25) is 0 Å². The van der Waals surface area contributed by atoms with Crippen LogP contribution in [0.5, 0.6) is 11.5 Å². The number of hydrogen-bond donors (Lipinski definition) is 1. The number of halogens is 2. The van der Waals surface area contributed by atoms with Crippen molar-refractivity contribution in [3.63, 3.8) is 0 Å². The highest BCUT2D eigenvalue weighted by molar-refractivity contribution is 9.10. The van der Waals surface area contributed by atoms with Crippen LogP contribution in [0.4, 0.5) is 4.39 Å². The van der Waals surface area contributed by atoms with E-state index in [1.165, 1.54) is 6.07 Å². The van der Waals surface area contributed by atoms with Gasteiger partial charge < -0.3 is 10.5 Å². The van der Waals surface area contributed by atoms with Crippen molar-refractivity contribution in [1.82, 2.24) is 0 Å². The largest absolute Gasteiger partial charge is 0.454 e. The van der Waals surface area contributed by atoms with Crippen LogP contribution in [0.15, 0.2) is 40.9 Å². The van der Waals surface area contributed by atoms with E-state index < -0.39 is 0 Å². The molecule has 0 amide bonds. The van der Waals surface area contributed by atoms with E-state index in [1.807, 2.05) is 32.0 Å². The summed E-state index contributed by atoms with van der Waals surface area (Å²) in [7, 11) is 0. The Hall–Kier alpha value is -1.39. The first-order valence-corrected chi connectivity index (χ1v) is 7.77. The Labute approximate surface area is 133 Å². The second kappa shape index (κ2) is 7.05. The molecule has 2 rings (SSSR count). The molecule has 0 saturated carbocycles. The van der Waals surface area contributed by atoms with E-state index in [0.29, 0.717) is 12.2 Å². The smallest absolute Gasteiger partial charge is 0.165 e. The van der Waals surface area contributed by atoms with Gasteiger partial charge in [-0.1, -0.05) is 35.0 Å². The van der Waals surface area contributed by atoms with Crippen LogP contribution in [-0.4, -0.2) is 6.04 Å². The first-order valence-electron chi connectivity index (χ1n) is 6.97. The molecule has 0 aromatic heterocycles. The lowest BCUT2D eigenvalue weighted by Gasteiger charge is -2.15. The minimum absolute atomic E-state index is 0.0656. The van der Waals surface area contributed by atoms with Crippen molar-refractivity contribution >= 4 is 15.9 Å². The molecular formula is C17H19BrFNO. The molecule has 2 nitrogen and oxygen atoms in total. The molecule has 2 aromatic rings. The molecule has 4 heteroatoms. The summed E-state index contributed by atoms with van der Waals surface area (Å²) in [5, 5.41) is 0. The van der Waals surface area contributed by atoms with Gasteiger partial charge in [-0.05, 0) is 55.2 Å². The van der Waals surface area contributed by atoms with Gasteiger partial charge in [0, 0.05) is 10.5 Å². The summed E-state index contributed by atoms with van der Waals surface area (Å²) in [6, 6.07) is 10.6. The van der Waals surface area contributed by atoms with Crippen LogP contribution in [0.25, 0.3) is 0 Å². The zero-order chi connectivity index (χ0) is 15.4. The number of rotatable bonds is 5. The molecular weight excluding hydrogens is 333 g/mol. The van der Waals surface area contributed by atoms with Gasteiger partial charge in [0.05, 0.1) is 0 Å². The van der Waals surface area contributed by atoms with Crippen molar-refractivity contribution in [2.75, 3.05) is 0 Å². The van der Waals surface area contributed by atoms with E-state index in [2.05, 4.69) is 15.9 Å². The molecule has 0 aliphatic rings. The fourth-order valence-corrected chi connectivity index (χ4v) is 2.37. The molecule has 0 heterocycles. The molecule has 0 saturated heterocycles. The highest BCUT2D eigenvalue weighted by Crippen LogP contribution is 2.31. The second-order valence-electron chi connectivity index (χ2n) is 5.16.